The second kappa shape index (κ2) is 11.8. The number of esters is 2. The average molecular weight is 369 g/mol. The molecule has 0 aliphatic carbocycles. The van der Waals surface area contributed by atoms with Crippen molar-refractivity contribution in [1.29, 1.82) is 0 Å². The number of unbranched alkanes of at least 4 members (excludes halogenated alkanes) is 4. The quantitative estimate of drug-likeness (QED) is 0.427. The molecule has 144 valence electrons. The lowest BCUT2D eigenvalue weighted by molar-refractivity contribution is 0.0486. The molecule has 0 amide bonds. The molecule has 5 heteroatoms. The molecule has 1 aromatic heterocycles. The summed E-state index contributed by atoms with van der Waals surface area (Å²) in [7, 11) is 0. The normalized spacial score (nSPS) is 10.4. The van der Waals surface area contributed by atoms with E-state index in [1.54, 1.807) is 12.1 Å². The second-order valence-electron chi connectivity index (χ2n) is 6.33. The van der Waals surface area contributed by atoms with Gasteiger partial charge in [0.15, 0.2) is 0 Å². The molecule has 0 N–H and O–H groups in total. The fraction of sp³-hybridized carbons (Fsp3) is 0.409. The third kappa shape index (κ3) is 7.60. The van der Waals surface area contributed by atoms with Gasteiger partial charge in [0.2, 0.25) is 0 Å². The topological polar surface area (TPSA) is 65.5 Å². The summed E-state index contributed by atoms with van der Waals surface area (Å²) in [6.45, 7) is 2.79. The number of pyridine rings is 1. The Balaban J connectivity index is 1.77. The van der Waals surface area contributed by atoms with E-state index in [0.717, 1.165) is 24.8 Å². The highest BCUT2D eigenvalue weighted by Crippen LogP contribution is 2.07. The number of hydrogen-bond donors (Lipinski definition) is 0. The number of hydrogen-bond acceptors (Lipinski definition) is 5. The van der Waals surface area contributed by atoms with Crippen LogP contribution in [0, 0.1) is 0 Å². The summed E-state index contributed by atoms with van der Waals surface area (Å²) in [5.74, 6) is -1.05. The zero-order valence-corrected chi connectivity index (χ0v) is 15.9. The molecule has 0 aliphatic rings. The van der Waals surface area contributed by atoms with Gasteiger partial charge in [-0.3, -0.25) is 0 Å². The summed E-state index contributed by atoms with van der Waals surface area (Å²) in [6.07, 6.45) is 6.04. The van der Waals surface area contributed by atoms with Gasteiger partial charge in [-0.15, -0.1) is 0 Å². The molecule has 0 spiro atoms. The second-order valence-corrected chi connectivity index (χ2v) is 6.33. The fourth-order valence-corrected chi connectivity index (χ4v) is 2.59. The van der Waals surface area contributed by atoms with E-state index in [0.29, 0.717) is 13.0 Å². The van der Waals surface area contributed by atoms with Crippen molar-refractivity contribution >= 4 is 11.9 Å². The van der Waals surface area contributed by atoms with E-state index in [1.807, 2.05) is 30.3 Å². The van der Waals surface area contributed by atoms with Crippen LogP contribution in [0.2, 0.25) is 0 Å². The van der Waals surface area contributed by atoms with Gasteiger partial charge in [0.05, 0.1) is 13.2 Å². The van der Waals surface area contributed by atoms with Crippen molar-refractivity contribution in [2.45, 2.75) is 45.4 Å². The van der Waals surface area contributed by atoms with E-state index in [-0.39, 0.29) is 18.0 Å². The Morgan fingerprint density at radius 3 is 2.07 bits per heavy atom. The molecule has 1 aromatic carbocycles. The molecule has 2 rings (SSSR count). The van der Waals surface area contributed by atoms with Crippen LogP contribution < -0.4 is 0 Å². The highest BCUT2D eigenvalue weighted by Gasteiger charge is 2.14. The van der Waals surface area contributed by atoms with Gasteiger partial charge in [-0.05, 0) is 24.1 Å². The van der Waals surface area contributed by atoms with Gasteiger partial charge >= 0.3 is 11.9 Å². The Bertz CT molecular complexity index is 715. The van der Waals surface area contributed by atoms with Crippen LogP contribution in [0.1, 0.15) is 65.6 Å². The Labute approximate surface area is 160 Å². The minimum absolute atomic E-state index is 0.112. The largest absolute Gasteiger partial charge is 0.461 e. The molecule has 0 saturated heterocycles. The third-order valence-electron chi connectivity index (χ3n) is 4.12. The summed E-state index contributed by atoms with van der Waals surface area (Å²) >= 11 is 0. The Morgan fingerprint density at radius 1 is 0.778 bits per heavy atom. The van der Waals surface area contributed by atoms with E-state index >= 15 is 0 Å². The van der Waals surface area contributed by atoms with Crippen LogP contribution in [0.25, 0.3) is 0 Å². The third-order valence-corrected chi connectivity index (χ3v) is 4.12. The summed E-state index contributed by atoms with van der Waals surface area (Å²) in [5, 5.41) is 0. The van der Waals surface area contributed by atoms with Crippen LogP contribution in [-0.4, -0.2) is 30.1 Å². The average Bonchev–Trinajstić information content (AvgIpc) is 2.71. The highest BCUT2D eigenvalue weighted by molar-refractivity contribution is 5.91. The lowest BCUT2D eigenvalue weighted by Crippen LogP contribution is -2.14. The number of nitrogens with zero attached hydrogens (tertiary/aromatic N) is 1. The first-order valence-electron chi connectivity index (χ1n) is 9.56. The standard InChI is InChI=1S/C22H27NO4/c1-2-3-4-5-9-16-26-21(24)19-13-10-14-20(23-19)22(25)27-17-15-18-11-7-6-8-12-18/h6-8,10-14H,2-5,9,15-17H2,1H3. The molecular weight excluding hydrogens is 342 g/mol. The number of benzene rings is 1. The summed E-state index contributed by atoms with van der Waals surface area (Å²) < 4.78 is 10.5. The van der Waals surface area contributed by atoms with Crippen LogP contribution in [0.5, 0.6) is 0 Å². The Morgan fingerprint density at radius 2 is 1.41 bits per heavy atom. The monoisotopic (exact) mass is 369 g/mol. The summed E-state index contributed by atoms with van der Waals surface area (Å²) in [4.78, 5) is 28.3. The Hall–Kier alpha value is -2.69. The predicted octanol–water partition coefficient (Wildman–Crippen LogP) is 4.61. The molecule has 0 radical (unpaired) electrons. The molecule has 27 heavy (non-hydrogen) atoms. The van der Waals surface area contributed by atoms with Gasteiger partial charge in [-0.2, -0.15) is 0 Å². The molecule has 0 aliphatic heterocycles. The maximum Gasteiger partial charge on any atom is 0.356 e. The van der Waals surface area contributed by atoms with Crippen molar-refractivity contribution in [2.24, 2.45) is 0 Å². The molecular formula is C22H27NO4. The molecule has 5 nitrogen and oxygen atoms in total. The summed E-state index contributed by atoms with van der Waals surface area (Å²) in [6, 6.07) is 14.5. The first-order valence-corrected chi connectivity index (χ1v) is 9.56. The van der Waals surface area contributed by atoms with Gasteiger partial charge in [0, 0.05) is 6.42 Å². The number of carbonyl (C=O) groups excluding carboxylic acids is 2. The van der Waals surface area contributed by atoms with Gasteiger partial charge in [0.25, 0.3) is 0 Å². The maximum absolute atomic E-state index is 12.1. The van der Waals surface area contributed by atoms with Crippen LogP contribution in [0.4, 0.5) is 0 Å². The fourth-order valence-electron chi connectivity index (χ4n) is 2.59. The van der Waals surface area contributed by atoms with Crippen molar-refractivity contribution in [3.63, 3.8) is 0 Å². The molecule has 1 heterocycles. The van der Waals surface area contributed by atoms with Crippen LogP contribution >= 0.6 is 0 Å². The molecule has 0 bridgehead atoms. The van der Waals surface area contributed by atoms with Gasteiger partial charge in [0.1, 0.15) is 11.4 Å². The molecule has 0 saturated carbocycles. The minimum atomic E-state index is -0.542. The zero-order valence-electron chi connectivity index (χ0n) is 15.9. The number of ether oxygens (including phenoxy) is 2. The first-order chi connectivity index (χ1) is 13.2. The first kappa shape index (κ1) is 20.6. The van der Waals surface area contributed by atoms with Gasteiger partial charge in [-0.1, -0.05) is 69.0 Å². The van der Waals surface area contributed by atoms with E-state index in [4.69, 9.17) is 9.47 Å². The van der Waals surface area contributed by atoms with Crippen molar-refractivity contribution in [3.8, 4) is 0 Å². The molecule has 0 atom stereocenters. The van der Waals surface area contributed by atoms with Crippen molar-refractivity contribution in [1.82, 2.24) is 4.98 Å². The van der Waals surface area contributed by atoms with Crippen molar-refractivity contribution < 1.29 is 19.1 Å². The maximum atomic E-state index is 12.1. The number of rotatable bonds is 11. The minimum Gasteiger partial charge on any atom is -0.461 e. The van der Waals surface area contributed by atoms with Gasteiger partial charge in [-0.25, -0.2) is 14.6 Å². The highest BCUT2D eigenvalue weighted by atomic mass is 16.5. The Kier molecular flexibility index (Phi) is 9.04. The SMILES string of the molecule is CCCCCCCOC(=O)c1cccc(C(=O)OCCc2ccccc2)n1. The van der Waals surface area contributed by atoms with Gasteiger partial charge < -0.3 is 9.47 Å². The van der Waals surface area contributed by atoms with Crippen molar-refractivity contribution in [3.05, 3.63) is 65.5 Å². The summed E-state index contributed by atoms with van der Waals surface area (Å²) in [5.41, 5.74) is 1.33. The van der Waals surface area contributed by atoms with E-state index < -0.39 is 11.9 Å². The lowest BCUT2D eigenvalue weighted by atomic mass is 10.2. The van der Waals surface area contributed by atoms with Crippen LogP contribution in [-0.2, 0) is 15.9 Å². The number of carbonyl (C=O) groups is 2. The van der Waals surface area contributed by atoms with Crippen LogP contribution in [0.15, 0.2) is 48.5 Å². The smallest absolute Gasteiger partial charge is 0.356 e. The van der Waals surface area contributed by atoms with Crippen molar-refractivity contribution in [2.75, 3.05) is 13.2 Å². The predicted molar refractivity (Wildman–Crippen MR) is 104 cm³/mol. The number of aromatic nitrogens is 1. The lowest BCUT2D eigenvalue weighted by Gasteiger charge is -2.07. The van der Waals surface area contributed by atoms with E-state index in [1.165, 1.54) is 18.9 Å². The molecule has 0 fully saturated rings. The molecule has 2 aromatic rings. The van der Waals surface area contributed by atoms with E-state index in [9.17, 15) is 9.59 Å². The van der Waals surface area contributed by atoms with Crippen LogP contribution in [0.3, 0.4) is 0 Å². The zero-order chi connectivity index (χ0) is 19.3. The molecule has 0 unspecified atom stereocenters. The van der Waals surface area contributed by atoms with E-state index in [2.05, 4.69) is 11.9 Å².